The Balaban J connectivity index is 2.35. The van der Waals surface area contributed by atoms with Gasteiger partial charge < -0.3 is 15.2 Å². The van der Waals surface area contributed by atoms with E-state index in [0.29, 0.717) is 0 Å². The minimum atomic E-state index is -4.59. The molecule has 7 nitrogen and oxygen atoms in total. The third kappa shape index (κ3) is 5.54. The number of hydrogen-bond donors (Lipinski definition) is 2. The Morgan fingerprint density at radius 1 is 1.32 bits per heavy atom. The number of alkyl carbamates (subject to hydrolysis) is 1. The van der Waals surface area contributed by atoms with Crippen molar-refractivity contribution in [1.29, 1.82) is 0 Å². The fourth-order valence-corrected chi connectivity index (χ4v) is 3.54. The Kier molecular flexibility index (Phi) is 6.17. The van der Waals surface area contributed by atoms with Gasteiger partial charge >= 0.3 is 18.2 Å². The molecule has 1 aliphatic heterocycles. The van der Waals surface area contributed by atoms with Gasteiger partial charge in [-0.25, -0.2) is 4.79 Å². The molecule has 1 unspecified atom stereocenters. The Morgan fingerprint density at radius 2 is 1.96 bits per heavy atom. The molecule has 0 bridgehead atoms. The average molecular weight is 420 g/mol. The van der Waals surface area contributed by atoms with E-state index in [2.05, 4.69) is 5.32 Å². The van der Waals surface area contributed by atoms with Crippen LogP contribution in [0.1, 0.15) is 26.3 Å². The Hall–Kier alpha value is -2.43. The number of carboxylic acids is 1. The molecule has 2 rings (SSSR count). The van der Waals surface area contributed by atoms with Crippen LogP contribution in [0, 0.1) is 0 Å². The number of aliphatic carboxylic acids is 1. The number of halogens is 3. The molecule has 0 aliphatic carbocycles. The van der Waals surface area contributed by atoms with Crippen LogP contribution in [0.15, 0.2) is 23.1 Å². The number of ether oxygens (including phenoxy) is 1. The van der Waals surface area contributed by atoms with Gasteiger partial charge in [0.15, 0.2) is 0 Å². The van der Waals surface area contributed by atoms with Crippen LogP contribution in [0.5, 0.6) is 0 Å². The second kappa shape index (κ2) is 7.90. The number of carbonyl (C=O) groups is 3. The van der Waals surface area contributed by atoms with Crippen LogP contribution in [-0.4, -0.2) is 47.0 Å². The standard InChI is InChI=1S/C17H19F3N2O5S/c1-16(2,3)27-15(26)21-10-8-28-12-6-9(17(18,19)20)4-5-11(12)22(14(10)25)7-13(23)24/h4-6,10H,7-8H2,1-3H3,(H,21,26)(H,23,24). The first-order valence-electron chi connectivity index (χ1n) is 8.14. The number of carboxylic acid groups (broad SMARTS) is 1. The molecule has 11 heteroatoms. The summed E-state index contributed by atoms with van der Waals surface area (Å²) >= 11 is 0.917. The van der Waals surface area contributed by atoms with Crippen molar-refractivity contribution in [1.82, 2.24) is 5.32 Å². The van der Waals surface area contributed by atoms with Crippen LogP contribution in [-0.2, 0) is 20.5 Å². The summed E-state index contributed by atoms with van der Waals surface area (Å²) in [4.78, 5) is 36.9. The van der Waals surface area contributed by atoms with E-state index >= 15 is 0 Å². The molecular formula is C17H19F3N2O5S. The van der Waals surface area contributed by atoms with Crippen LogP contribution in [0.3, 0.4) is 0 Å². The van der Waals surface area contributed by atoms with Crippen LogP contribution < -0.4 is 10.2 Å². The molecule has 0 spiro atoms. The van der Waals surface area contributed by atoms with E-state index in [4.69, 9.17) is 9.84 Å². The first kappa shape index (κ1) is 21.9. The highest BCUT2D eigenvalue weighted by Gasteiger charge is 2.36. The second-order valence-corrected chi connectivity index (χ2v) is 8.07. The predicted molar refractivity (Wildman–Crippen MR) is 95.3 cm³/mol. The predicted octanol–water partition coefficient (Wildman–Crippen LogP) is 3.12. The highest BCUT2D eigenvalue weighted by molar-refractivity contribution is 7.99. The summed E-state index contributed by atoms with van der Waals surface area (Å²) in [5, 5.41) is 11.5. The lowest BCUT2D eigenvalue weighted by molar-refractivity contribution is -0.138. The maximum atomic E-state index is 13.0. The lowest BCUT2D eigenvalue weighted by atomic mass is 10.1. The SMILES string of the molecule is CC(C)(C)OC(=O)NC1CSc2cc(C(F)(F)F)ccc2N(CC(=O)O)C1=O. The highest BCUT2D eigenvalue weighted by Crippen LogP contribution is 2.39. The fourth-order valence-electron chi connectivity index (χ4n) is 2.43. The summed E-state index contributed by atoms with van der Waals surface area (Å²) in [6.07, 6.45) is -5.47. The van der Waals surface area contributed by atoms with Gasteiger partial charge in [-0.15, -0.1) is 11.8 Å². The Labute approximate surface area is 163 Å². The van der Waals surface area contributed by atoms with Crippen molar-refractivity contribution in [2.45, 2.75) is 43.5 Å². The molecule has 2 N–H and O–H groups in total. The summed E-state index contributed by atoms with van der Waals surface area (Å²) in [7, 11) is 0. The van der Waals surface area contributed by atoms with E-state index in [1.165, 1.54) is 0 Å². The molecule has 28 heavy (non-hydrogen) atoms. The Bertz CT molecular complexity index is 792. The molecule has 0 aromatic heterocycles. The number of rotatable bonds is 3. The average Bonchev–Trinajstić information content (AvgIpc) is 2.63. The van der Waals surface area contributed by atoms with Crippen LogP contribution in [0.2, 0.25) is 0 Å². The zero-order valence-corrected chi connectivity index (χ0v) is 16.1. The third-order valence-electron chi connectivity index (χ3n) is 3.53. The molecule has 1 heterocycles. The Morgan fingerprint density at radius 3 is 2.50 bits per heavy atom. The van der Waals surface area contributed by atoms with E-state index in [1.807, 2.05) is 0 Å². The molecule has 1 aliphatic rings. The van der Waals surface area contributed by atoms with Crippen molar-refractivity contribution in [2.75, 3.05) is 17.2 Å². The van der Waals surface area contributed by atoms with E-state index in [-0.39, 0.29) is 16.3 Å². The normalized spacial score (nSPS) is 17.6. The van der Waals surface area contributed by atoms with Gasteiger partial charge in [0.2, 0.25) is 0 Å². The summed E-state index contributed by atoms with van der Waals surface area (Å²) in [5.74, 6) is -2.18. The van der Waals surface area contributed by atoms with E-state index in [9.17, 15) is 27.6 Å². The zero-order chi connectivity index (χ0) is 21.3. The number of benzene rings is 1. The van der Waals surface area contributed by atoms with Gasteiger partial charge in [-0.1, -0.05) is 0 Å². The number of anilines is 1. The molecule has 0 fully saturated rings. The molecular weight excluding hydrogens is 401 g/mol. The minimum Gasteiger partial charge on any atom is -0.480 e. The summed E-state index contributed by atoms with van der Waals surface area (Å²) in [5.41, 5.74) is -1.70. The quantitative estimate of drug-likeness (QED) is 0.780. The molecule has 2 amide bonds. The third-order valence-corrected chi connectivity index (χ3v) is 4.67. The number of alkyl halides is 3. The van der Waals surface area contributed by atoms with Crippen molar-refractivity contribution >= 4 is 35.4 Å². The van der Waals surface area contributed by atoms with Crippen molar-refractivity contribution in [3.05, 3.63) is 23.8 Å². The van der Waals surface area contributed by atoms with Gasteiger partial charge in [0.25, 0.3) is 5.91 Å². The van der Waals surface area contributed by atoms with E-state index in [1.54, 1.807) is 20.8 Å². The summed E-state index contributed by atoms with van der Waals surface area (Å²) < 4.78 is 44.1. The lowest BCUT2D eigenvalue weighted by Gasteiger charge is -2.26. The van der Waals surface area contributed by atoms with Crippen LogP contribution in [0.4, 0.5) is 23.7 Å². The molecule has 1 aromatic carbocycles. The molecule has 154 valence electrons. The number of thioether (sulfide) groups is 1. The number of nitrogens with one attached hydrogen (secondary N) is 1. The fraction of sp³-hybridized carbons (Fsp3) is 0.471. The minimum absolute atomic E-state index is 0.0406. The number of hydrogen-bond acceptors (Lipinski definition) is 5. The number of nitrogens with zero attached hydrogens (tertiary/aromatic N) is 1. The van der Waals surface area contributed by atoms with Gasteiger partial charge in [0, 0.05) is 10.6 Å². The topological polar surface area (TPSA) is 95.9 Å². The highest BCUT2D eigenvalue weighted by atomic mass is 32.2. The first-order valence-corrected chi connectivity index (χ1v) is 9.13. The molecule has 0 radical (unpaired) electrons. The smallest absolute Gasteiger partial charge is 0.416 e. The largest absolute Gasteiger partial charge is 0.480 e. The molecule has 1 atom stereocenters. The molecule has 0 saturated carbocycles. The maximum Gasteiger partial charge on any atom is 0.416 e. The van der Waals surface area contributed by atoms with E-state index < -0.39 is 47.9 Å². The van der Waals surface area contributed by atoms with Gasteiger partial charge in [-0.3, -0.25) is 14.5 Å². The van der Waals surface area contributed by atoms with Gasteiger partial charge in [0.05, 0.1) is 11.3 Å². The lowest BCUT2D eigenvalue weighted by Crippen LogP contribution is -2.51. The number of carbonyl (C=O) groups excluding carboxylic acids is 2. The monoisotopic (exact) mass is 420 g/mol. The summed E-state index contributed by atoms with van der Waals surface area (Å²) in [6, 6.07) is 1.53. The van der Waals surface area contributed by atoms with Crippen LogP contribution >= 0.6 is 11.8 Å². The van der Waals surface area contributed by atoms with Gasteiger partial charge in [-0.2, -0.15) is 13.2 Å². The van der Waals surface area contributed by atoms with Crippen molar-refractivity contribution < 1.29 is 37.4 Å². The number of amides is 2. The molecule has 0 saturated heterocycles. The zero-order valence-electron chi connectivity index (χ0n) is 15.3. The van der Waals surface area contributed by atoms with Crippen LogP contribution in [0.25, 0.3) is 0 Å². The number of fused-ring (bicyclic) bond motifs is 1. The molecule has 1 aromatic rings. The summed E-state index contributed by atoms with van der Waals surface area (Å²) in [6.45, 7) is 4.12. The van der Waals surface area contributed by atoms with Crippen molar-refractivity contribution in [3.63, 3.8) is 0 Å². The second-order valence-electron chi connectivity index (χ2n) is 7.01. The van der Waals surface area contributed by atoms with Gasteiger partial charge in [0.1, 0.15) is 18.2 Å². The first-order chi connectivity index (χ1) is 12.8. The van der Waals surface area contributed by atoms with Crippen molar-refractivity contribution in [2.24, 2.45) is 0 Å². The maximum absolute atomic E-state index is 13.0. The van der Waals surface area contributed by atoms with E-state index in [0.717, 1.165) is 34.9 Å². The van der Waals surface area contributed by atoms with Gasteiger partial charge in [-0.05, 0) is 39.0 Å². The van der Waals surface area contributed by atoms with Crippen molar-refractivity contribution in [3.8, 4) is 0 Å².